The topological polar surface area (TPSA) is 25.6 Å². The van der Waals surface area contributed by atoms with Crippen LogP contribution in [0.25, 0.3) is 11.3 Å². The fraction of sp³-hybridized carbons (Fsp3) is 0.200. The van der Waals surface area contributed by atoms with Crippen molar-refractivity contribution in [2.24, 2.45) is 0 Å². The summed E-state index contributed by atoms with van der Waals surface area (Å²) >= 11 is 5.93. The van der Waals surface area contributed by atoms with Crippen molar-refractivity contribution in [3.05, 3.63) is 77.0 Å². The van der Waals surface area contributed by atoms with Crippen molar-refractivity contribution < 1.29 is 9.15 Å². The third kappa shape index (κ3) is 3.99. The fourth-order valence-corrected chi connectivity index (χ4v) is 2.80. The molecule has 0 radical (unpaired) electrons. The van der Waals surface area contributed by atoms with Gasteiger partial charge in [-0.05, 0) is 49.5 Å². The second kappa shape index (κ2) is 7.56. The minimum atomic E-state index is 0.724. The summed E-state index contributed by atoms with van der Waals surface area (Å²) in [6.07, 6.45) is 0. The Balaban J connectivity index is 1.67. The van der Waals surface area contributed by atoms with Gasteiger partial charge >= 0.3 is 0 Å². The Bertz CT molecular complexity index is 795. The first kappa shape index (κ1) is 16.6. The molecule has 3 aromatic rings. The zero-order valence-corrected chi connectivity index (χ0v) is 14.6. The number of furan rings is 1. The molecule has 2 aromatic carbocycles. The second-order valence-corrected chi connectivity index (χ2v) is 6.19. The number of methoxy groups -OCH3 is 1. The van der Waals surface area contributed by atoms with Gasteiger partial charge in [0.05, 0.1) is 13.7 Å². The average Bonchev–Trinajstić information content (AvgIpc) is 3.04. The third-order valence-electron chi connectivity index (χ3n) is 3.85. The highest BCUT2D eigenvalue weighted by atomic mass is 35.5. The molecule has 0 aliphatic heterocycles. The van der Waals surface area contributed by atoms with Gasteiger partial charge in [-0.25, -0.2) is 0 Å². The quantitative estimate of drug-likeness (QED) is 0.613. The Kier molecular flexibility index (Phi) is 5.24. The van der Waals surface area contributed by atoms with Gasteiger partial charge in [0.25, 0.3) is 0 Å². The Labute approximate surface area is 147 Å². The first-order valence-corrected chi connectivity index (χ1v) is 8.18. The van der Waals surface area contributed by atoms with Gasteiger partial charge in [0.15, 0.2) is 0 Å². The van der Waals surface area contributed by atoms with Gasteiger partial charge in [-0.2, -0.15) is 0 Å². The van der Waals surface area contributed by atoms with Crippen LogP contribution < -0.4 is 4.74 Å². The summed E-state index contributed by atoms with van der Waals surface area (Å²) in [7, 11) is 3.76. The maximum atomic E-state index is 5.96. The van der Waals surface area contributed by atoms with Crippen LogP contribution in [-0.2, 0) is 13.1 Å². The summed E-state index contributed by atoms with van der Waals surface area (Å²) in [4.78, 5) is 2.20. The minimum Gasteiger partial charge on any atom is -0.496 e. The van der Waals surface area contributed by atoms with E-state index in [4.69, 9.17) is 20.8 Å². The van der Waals surface area contributed by atoms with Gasteiger partial charge in [-0.15, -0.1) is 0 Å². The van der Waals surface area contributed by atoms with E-state index < -0.39 is 0 Å². The fourth-order valence-electron chi connectivity index (χ4n) is 2.68. The molecule has 3 nitrogen and oxygen atoms in total. The summed E-state index contributed by atoms with van der Waals surface area (Å²) in [6.45, 7) is 1.52. The molecule has 0 atom stereocenters. The van der Waals surface area contributed by atoms with Crippen molar-refractivity contribution in [1.82, 2.24) is 4.90 Å². The van der Waals surface area contributed by atoms with Crippen LogP contribution in [0.2, 0.25) is 5.02 Å². The van der Waals surface area contributed by atoms with Gasteiger partial charge in [0, 0.05) is 22.7 Å². The average molecular weight is 342 g/mol. The predicted molar refractivity (Wildman–Crippen MR) is 97.3 cm³/mol. The number of hydrogen-bond donors (Lipinski definition) is 0. The summed E-state index contributed by atoms with van der Waals surface area (Å²) in [6, 6.07) is 19.7. The van der Waals surface area contributed by atoms with Crippen molar-refractivity contribution in [2.75, 3.05) is 14.2 Å². The van der Waals surface area contributed by atoms with E-state index in [1.807, 2.05) is 54.6 Å². The van der Waals surface area contributed by atoms with Crippen molar-refractivity contribution >= 4 is 11.6 Å². The molecule has 0 amide bonds. The standard InChI is InChI=1S/C20H20ClNO2/c1-22(13-16-5-3-4-6-19(16)23-2)14-18-11-12-20(24-18)15-7-9-17(21)10-8-15/h3-12H,13-14H2,1-2H3. The molecular weight excluding hydrogens is 322 g/mol. The van der Waals surface area contributed by atoms with Gasteiger partial charge in [0.1, 0.15) is 17.3 Å². The molecule has 124 valence electrons. The van der Waals surface area contributed by atoms with Crippen molar-refractivity contribution in [3.63, 3.8) is 0 Å². The van der Waals surface area contributed by atoms with Crippen LogP contribution in [0, 0.1) is 0 Å². The third-order valence-corrected chi connectivity index (χ3v) is 4.10. The van der Waals surface area contributed by atoms with E-state index in [-0.39, 0.29) is 0 Å². The molecule has 0 spiro atoms. The highest BCUT2D eigenvalue weighted by Crippen LogP contribution is 2.25. The molecule has 1 heterocycles. The van der Waals surface area contributed by atoms with Crippen molar-refractivity contribution in [2.45, 2.75) is 13.1 Å². The molecule has 4 heteroatoms. The van der Waals surface area contributed by atoms with E-state index >= 15 is 0 Å². The largest absolute Gasteiger partial charge is 0.496 e. The summed E-state index contributed by atoms with van der Waals surface area (Å²) in [5, 5.41) is 0.724. The molecule has 0 bridgehead atoms. The molecule has 0 unspecified atom stereocenters. The number of hydrogen-bond acceptors (Lipinski definition) is 3. The van der Waals surface area contributed by atoms with E-state index in [9.17, 15) is 0 Å². The molecule has 0 aliphatic carbocycles. The van der Waals surface area contributed by atoms with Crippen LogP contribution in [0.4, 0.5) is 0 Å². The van der Waals surface area contributed by atoms with E-state index in [1.165, 1.54) is 0 Å². The number of halogens is 1. The van der Waals surface area contributed by atoms with Crippen LogP contribution in [0.15, 0.2) is 65.1 Å². The Hall–Kier alpha value is -2.23. The van der Waals surface area contributed by atoms with Gasteiger partial charge in [0.2, 0.25) is 0 Å². The highest BCUT2D eigenvalue weighted by molar-refractivity contribution is 6.30. The lowest BCUT2D eigenvalue weighted by molar-refractivity contribution is 0.284. The summed E-state index contributed by atoms with van der Waals surface area (Å²) in [5.41, 5.74) is 2.19. The first-order chi connectivity index (χ1) is 11.7. The highest BCUT2D eigenvalue weighted by Gasteiger charge is 2.10. The zero-order valence-electron chi connectivity index (χ0n) is 13.8. The van der Waals surface area contributed by atoms with E-state index in [0.717, 1.165) is 46.5 Å². The number of ether oxygens (including phenoxy) is 1. The van der Waals surface area contributed by atoms with Crippen LogP contribution in [-0.4, -0.2) is 19.1 Å². The van der Waals surface area contributed by atoms with Crippen molar-refractivity contribution in [3.8, 4) is 17.1 Å². The smallest absolute Gasteiger partial charge is 0.134 e. The zero-order chi connectivity index (χ0) is 16.9. The van der Waals surface area contributed by atoms with Crippen LogP contribution in [0.1, 0.15) is 11.3 Å². The molecule has 0 N–H and O–H groups in total. The first-order valence-electron chi connectivity index (χ1n) is 7.81. The SMILES string of the molecule is COc1ccccc1CN(C)Cc1ccc(-c2ccc(Cl)cc2)o1. The maximum absolute atomic E-state index is 5.96. The normalized spacial score (nSPS) is 11.0. The lowest BCUT2D eigenvalue weighted by Crippen LogP contribution is -2.17. The molecule has 24 heavy (non-hydrogen) atoms. The summed E-state index contributed by atoms with van der Waals surface area (Å²) in [5.74, 6) is 2.69. The molecule has 3 rings (SSSR count). The van der Waals surface area contributed by atoms with Crippen molar-refractivity contribution in [1.29, 1.82) is 0 Å². The number of nitrogens with zero attached hydrogens (tertiary/aromatic N) is 1. The van der Waals surface area contributed by atoms with E-state index in [2.05, 4.69) is 18.0 Å². The minimum absolute atomic E-state index is 0.724. The summed E-state index contributed by atoms with van der Waals surface area (Å²) < 4.78 is 11.4. The number of para-hydroxylation sites is 1. The Morgan fingerprint density at radius 2 is 1.71 bits per heavy atom. The second-order valence-electron chi connectivity index (χ2n) is 5.76. The van der Waals surface area contributed by atoms with Gasteiger partial charge < -0.3 is 9.15 Å². The van der Waals surface area contributed by atoms with E-state index in [1.54, 1.807) is 7.11 Å². The van der Waals surface area contributed by atoms with Crippen LogP contribution >= 0.6 is 11.6 Å². The predicted octanol–water partition coefficient (Wildman–Crippen LogP) is 5.24. The lowest BCUT2D eigenvalue weighted by atomic mass is 10.2. The molecule has 0 fully saturated rings. The molecule has 1 aromatic heterocycles. The van der Waals surface area contributed by atoms with E-state index in [0.29, 0.717) is 0 Å². The number of rotatable bonds is 6. The molecule has 0 saturated carbocycles. The maximum Gasteiger partial charge on any atom is 0.134 e. The Morgan fingerprint density at radius 1 is 0.958 bits per heavy atom. The lowest BCUT2D eigenvalue weighted by Gasteiger charge is -2.17. The molecular formula is C20H20ClNO2. The monoisotopic (exact) mass is 341 g/mol. The molecule has 0 aliphatic rings. The van der Waals surface area contributed by atoms with Gasteiger partial charge in [-0.1, -0.05) is 29.8 Å². The van der Waals surface area contributed by atoms with Crippen LogP contribution in [0.3, 0.4) is 0 Å². The molecule has 0 saturated heterocycles. The number of benzene rings is 2. The van der Waals surface area contributed by atoms with Gasteiger partial charge in [-0.3, -0.25) is 4.90 Å². The Morgan fingerprint density at radius 3 is 2.46 bits per heavy atom. The van der Waals surface area contributed by atoms with Crippen LogP contribution in [0.5, 0.6) is 5.75 Å².